The van der Waals surface area contributed by atoms with Crippen molar-refractivity contribution in [1.82, 2.24) is 0 Å². The van der Waals surface area contributed by atoms with Crippen molar-refractivity contribution in [3.63, 3.8) is 0 Å². The average Bonchev–Trinajstić information content (AvgIpc) is 2.76. The summed E-state index contributed by atoms with van der Waals surface area (Å²) in [7, 11) is -1.35. The first-order valence-corrected chi connectivity index (χ1v) is 6.11. The Morgan fingerprint density at radius 2 is 1.81 bits per heavy atom. The number of aryl methyl sites for hydroxylation is 2. The van der Waals surface area contributed by atoms with E-state index in [-0.39, 0.29) is 0 Å². The zero-order valence-corrected chi connectivity index (χ0v) is 9.65. The van der Waals surface area contributed by atoms with Crippen LogP contribution in [-0.4, -0.2) is 17.2 Å². The van der Waals surface area contributed by atoms with Crippen molar-refractivity contribution < 1.29 is 10.0 Å². The molecule has 82 valence electrons. The third kappa shape index (κ3) is 2.95. The lowest BCUT2D eigenvalue weighted by Crippen LogP contribution is -2.27. The molecule has 0 fully saturated rings. The maximum absolute atomic E-state index is 8.98. The van der Waals surface area contributed by atoms with Crippen LogP contribution in [0.3, 0.4) is 0 Å². The second-order valence-electron chi connectivity index (χ2n) is 3.71. The van der Waals surface area contributed by atoms with Crippen LogP contribution in [0.25, 0.3) is 0 Å². The molecule has 0 bridgehead atoms. The van der Waals surface area contributed by atoms with E-state index in [1.165, 1.54) is 10.4 Å². The molecule has 0 spiro atoms. The first kappa shape index (κ1) is 11.4. The van der Waals surface area contributed by atoms with Gasteiger partial charge in [-0.1, -0.05) is 30.3 Å². The second-order valence-corrected chi connectivity index (χ2v) is 4.70. The topological polar surface area (TPSA) is 40.5 Å². The largest absolute Gasteiger partial charge is 0.489 e. The summed E-state index contributed by atoms with van der Waals surface area (Å²) < 4.78 is 0. The Hall–Kier alpha value is -1.10. The number of thiophene rings is 1. The van der Waals surface area contributed by atoms with Crippen molar-refractivity contribution in [3.8, 4) is 0 Å². The Morgan fingerprint density at radius 3 is 2.44 bits per heavy atom. The Kier molecular flexibility index (Phi) is 3.77. The van der Waals surface area contributed by atoms with Crippen molar-refractivity contribution in [2.24, 2.45) is 0 Å². The highest BCUT2D eigenvalue weighted by Gasteiger charge is 2.12. The van der Waals surface area contributed by atoms with Crippen molar-refractivity contribution >= 4 is 23.9 Å². The van der Waals surface area contributed by atoms with E-state index < -0.39 is 7.12 Å². The van der Waals surface area contributed by atoms with E-state index in [1.807, 2.05) is 24.3 Å². The quantitative estimate of drug-likeness (QED) is 0.778. The van der Waals surface area contributed by atoms with Crippen LogP contribution in [-0.2, 0) is 12.8 Å². The summed E-state index contributed by atoms with van der Waals surface area (Å²) in [6, 6.07) is 12.2. The van der Waals surface area contributed by atoms with Gasteiger partial charge in [0.15, 0.2) is 0 Å². The van der Waals surface area contributed by atoms with Gasteiger partial charge in [0.05, 0.1) is 0 Å². The monoisotopic (exact) mass is 232 g/mol. The molecule has 0 atom stereocenters. The summed E-state index contributed by atoms with van der Waals surface area (Å²) in [6.07, 6.45) is 1.93. The molecule has 1 heterocycles. The first-order valence-electron chi connectivity index (χ1n) is 5.23. The van der Waals surface area contributed by atoms with Crippen LogP contribution < -0.4 is 5.46 Å². The van der Waals surface area contributed by atoms with Gasteiger partial charge in [-0.25, -0.2) is 0 Å². The standard InChI is InChI=1S/C12H13BO2S/c14-13(15)11-8-12(16-9-11)7-6-10-4-2-1-3-5-10/h1-5,8-9,14-15H,6-7H2. The summed E-state index contributed by atoms with van der Waals surface area (Å²) in [6.45, 7) is 0. The van der Waals surface area contributed by atoms with Gasteiger partial charge in [-0.15, -0.1) is 11.3 Å². The summed E-state index contributed by atoms with van der Waals surface area (Å²) in [5.41, 5.74) is 1.90. The van der Waals surface area contributed by atoms with E-state index in [4.69, 9.17) is 10.0 Å². The predicted molar refractivity (Wildman–Crippen MR) is 68.0 cm³/mol. The smallest absolute Gasteiger partial charge is 0.423 e. The number of hydrogen-bond acceptors (Lipinski definition) is 3. The fraction of sp³-hybridized carbons (Fsp3) is 0.167. The Morgan fingerprint density at radius 1 is 1.06 bits per heavy atom. The summed E-state index contributed by atoms with van der Waals surface area (Å²) in [5.74, 6) is 0. The minimum atomic E-state index is -1.35. The van der Waals surface area contributed by atoms with Crippen molar-refractivity contribution in [2.45, 2.75) is 12.8 Å². The molecule has 0 saturated heterocycles. The molecule has 2 rings (SSSR count). The molecule has 0 saturated carbocycles. The van der Waals surface area contributed by atoms with Crippen LogP contribution in [0.15, 0.2) is 41.8 Å². The summed E-state index contributed by atoms with van der Waals surface area (Å²) in [5, 5.41) is 19.8. The number of benzene rings is 1. The zero-order valence-electron chi connectivity index (χ0n) is 8.84. The molecule has 1 aromatic heterocycles. The Bertz CT molecular complexity index is 439. The molecule has 0 radical (unpaired) electrons. The van der Waals surface area contributed by atoms with Crippen LogP contribution in [0.4, 0.5) is 0 Å². The fourth-order valence-corrected chi connectivity index (χ4v) is 2.48. The third-order valence-electron chi connectivity index (χ3n) is 2.48. The van der Waals surface area contributed by atoms with Crippen LogP contribution in [0, 0.1) is 0 Å². The molecule has 1 aromatic carbocycles. The molecule has 2 aromatic rings. The molecule has 0 aliphatic carbocycles. The van der Waals surface area contributed by atoms with Crippen LogP contribution in [0.2, 0.25) is 0 Å². The minimum absolute atomic E-state index is 0.591. The number of hydrogen-bond donors (Lipinski definition) is 2. The third-order valence-corrected chi connectivity index (χ3v) is 3.49. The lowest BCUT2D eigenvalue weighted by molar-refractivity contribution is 0.426. The number of rotatable bonds is 4. The van der Waals surface area contributed by atoms with Gasteiger partial charge in [-0.3, -0.25) is 0 Å². The van der Waals surface area contributed by atoms with Crippen LogP contribution in [0.5, 0.6) is 0 Å². The van der Waals surface area contributed by atoms with Crippen molar-refractivity contribution in [2.75, 3.05) is 0 Å². The van der Waals surface area contributed by atoms with E-state index in [0.717, 1.165) is 12.8 Å². The molecule has 2 N–H and O–H groups in total. The maximum atomic E-state index is 8.98. The summed E-state index contributed by atoms with van der Waals surface area (Å²) in [4.78, 5) is 1.19. The van der Waals surface area contributed by atoms with Gasteiger partial charge in [-0.2, -0.15) is 0 Å². The van der Waals surface area contributed by atoms with Crippen LogP contribution >= 0.6 is 11.3 Å². The lowest BCUT2D eigenvalue weighted by atomic mass is 9.82. The fourth-order valence-electron chi connectivity index (χ4n) is 1.58. The SMILES string of the molecule is OB(O)c1csc(CCc2ccccc2)c1. The Labute approximate surface area is 99.3 Å². The lowest BCUT2D eigenvalue weighted by Gasteiger charge is -1.98. The normalized spacial score (nSPS) is 10.4. The maximum Gasteiger partial charge on any atom is 0.489 e. The zero-order chi connectivity index (χ0) is 11.4. The van der Waals surface area contributed by atoms with E-state index in [9.17, 15) is 0 Å². The highest BCUT2D eigenvalue weighted by Crippen LogP contribution is 2.11. The predicted octanol–water partition coefficient (Wildman–Crippen LogP) is 1.21. The first-order chi connectivity index (χ1) is 7.75. The molecule has 0 aliphatic rings. The molecule has 0 aliphatic heterocycles. The van der Waals surface area contributed by atoms with Crippen LogP contribution in [0.1, 0.15) is 10.4 Å². The van der Waals surface area contributed by atoms with Gasteiger partial charge in [0.25, 0.3) is 0 Å². The van der Waals surface area contributed by atoms with Gasteiger partial charge in [-0.05, 0) is 35.3 Å². The van der Waals surface area contributed by atoms with Gasteiger partial charge in [0, 0.05) is 4.88 Å². The molecule has 4 heteroatoms. The van der Waals surface area contributed by atoms with Crippen molar-refractivity contribution in [3.05, 3.63) is 52.2 Å². The Balaban J connectivity index is 1.95. The van der Waals surface area contributed by atoms with E-state index >= 15 is 0 Å². The molecule has 16 heavy (non-hydrogen) atoms. The van der Waals surface area contributed by atoms with Gasteiger partial charge < -0.3 is 10.0 Å². The summed E-state index contributed by atoms with van der Waals surface area (Å²) >= 11 is 1.58. The van der Waals surface area contributed by atoms with Gasteiger partial charge >= 0.3 is 7.12 Å². The molecule has 0 amide bonds. The molecule has 2 nitrogen and oxygen atoms in total. The molecular formula is C12H13BO2S. The minimum Gasteiger partial charge on any atom is -0.423 e. The molecule has 0 unspecified atom stereocenters. The molecular weight excluding hydrogens is 219 g/mol. The second kappa shape index (κ2) is 5.30. The van der Waals surface area contributed by atoms with Gasteiger partial charge in [0.1, 0.15) is 0 Å². The van der Waals surface area contributed by atoms with E-state index in [1.54, 1.807) is 16.7 Å². The highest BCUT2D eigenvalue weighted by molar-refractivity contribution is 7.11. The van der Waals surface area contributed by atoms with Crippen molar-refractivity contribution in [1.29, 1.82) is 0 Å². The van der Waals surface area contributed by atoms with E-state index in [0.29, 0.717) is 5.46 Å². The highest BCUT2D eigenvalue weighted by atomic mass is 32.1. The van der Waals surface area contributed by atoms with Gasteiger partial charge in [0.2, 0.25) is 0 Å². The van der Waals surface area contributed by atoms with E-state index in [2.05, 4.69) is 12.1 Å². The average molecular weight is 232 g/mol.